The van der Waals surface area contributed by atoms with Gasteiger partial charge in [0.05, 0.1) is 26.8 Å². The molecule has 9 rings (SSSR count). The van der Waals surface area contributed by atoms with Crippen LogP contribution in [0.2, 0.25) is 0 Å². The fourth-order valence-corrected chi connectivity index (χ4v) is 13.3. The van der Waals surface area contributed by atoms with E-state index in [0.717, 1.165) is 65.0 Å². The highest BCUT2D eigenvalue weighted by molar-refractivity contribution is 5.94. The Balaban J connectivity index is 1.34. The van der Waals surface area contributed by atoms with Gasteiger partial charge in [-0.25, -0.2) is 0 Å². The summed E-state index contributed by atoms with van der Waals surface area (Å²) < 4.78 is 18.8. The minimum absolute atomic E-state index is 0.0443. The average molecular weight is 834 g/mol. The number of amides is 1. The monoisotopic (exact) mass is 833 g/mol. The summed E-state index contributed by atoms with van der Waals surface area (Å²) in [5.74, 6) is -0.469. The molecule has 1 saturated heterocycles. The predicted molar refractivity (Wildman–Crippen MR) is 235 cm³/mol. The van der Waals surface area contributed by atoms with Gasteiger partial charge in [-0.15, -0.1) is 0 Å². The Morgan fingerprint density at radius 1 is 1.05 bits per heavy atom. The molecule has 2 aromatic carbocycles. The van der Waals surface area contributed by atoms with E-state index in [1.807, 2.05) is 40.0 Å². The maximum absolute atomic E-state index is 15.3. The lowest BCUT2D eigenvalue weighted by molar-refractivity contribution is -0.217. The van der Waals surface area contributed by atoms with E-state index in [1.54, 1.807) is 7.11 Å². The molecule has 5 aliphatic heterocycles. The van der Waals surface area contributed by atoms with Gasteiger partial charge in [0.2, 0.25) is 5.91 Å². The number of methoxy groups -OCH3 is 2. The predicted octanol–water partition coefficient (Wildman–Crippen LogP) is 5.74. The Bertz CT molecular complexity index is 2360. The molecule has 6 heterocycles. The number of carbonyl (C=O) groups excluding carboxylic acids is 3. The Morgan fingerprint density at radius 2 is 1.82 bits per heavy atom. The first-order valence-electron chi connectivity index (χ1n) is 22.2. The molecule has 9 atom stereocenters. The number of nitrogens with one attached hydrogen (secondary N) is 2. The van der Waals surface area contributed by atoms with E-state index in [2.05, 4.69) is 81.3 Å². The summed E-state index contributed by atoms with van der Waals surface area (Å²) in [4.78, 5) is 53.1. The number of para-hydroxylation sites is 1. The number of likely N-dealkylation sites (N-methyl/N-ethyl adjacent to an activating group) is 1. The van der Waals surface area contributed by atoms with Crippen LogP contribution in [0.3, 0.4) is 0 Å². The average Bonchev–Trinajstić information content (AvgIpc) is 3.89. The van der Waals surface area contributed by atoms with E-state index in [-0.39, 0.29) is 30.4 Å². The number of fused-ring (bicyclic) bond motifs is 6. The van der Waals surface area contributed by atoms with Gasteiger partial charge in [-0.1, -0.05) is 76.6 Å². The first-order chi connectivity index (χ1) is 29.0. The third-order valence-corrected chi connectivity index (χ3v) is 15.6. The van der Waals surface area contributed by atoms with Crippen molar-refractivity contribution >= 4 is 34.4 Å². The number of aromatic amines is 1. The fraction of sp³-hybridized carbons (Fsp3) is 0.571. The van der Waals surface area contributed by atoms with Crippen molar-refractivity contribution in [3.8, 4) is 5.75 Å². The second kappa shape index (κ2) is 14.5. The molecule has 12 nitrogen and oxygen atoms in total. The van der Waals surface area contributed by atoms with Crippen LogP contribution in [0.15, 0.2) is 60.2 Å². The molecule has 2 fully saturated rings. The van der Waals surface area contributed by atoms with Crippen LogP contribution in [0.5, 0.6) is 5.75 Å². The minimum atomic E-state index is -1.75. The van der Waals surface area contributed by atoms with Gasteiger partial charge in [-0.05, 0) is 61.4 Å². The lowest BCUT2D eigenvalue weighted by Gasteiger charge is -2.64. The third-order valence-electron chi connectivity index (χ3n) is 15.6. The van der Waals surface area contributed by atoms with Crippen LogP contribution in [0.25, 0.3) is 10.9 Å². The molecule has 3 N–H and O–H groups in total. The van der Waals surface area contributed by atoms with Crippen molar-refractivity contribution in [2.45, 2.75) is 108 Å². The van der Waals surface area contributed by atoms with E-state index in [4.69, 9.17) is 14.2 Å². The Morgan fingerprint density at radius 3 is 2.51 bits per heavy atom. The number of ether oxygens (including phenoxy) is 3. The number of nitrogens with zero attached hydrogens (tertiary/aromatic N) is 3. The Labute approximate surface area is 359 Å². The highest BCUT2D eigenvalue weighted by Crippen LogP contribution is 2.68. The van der Waals surface area contributed by atoms with Crippen LogP contribution < -0.4 is 15.0 Å². The molecule has 0 radical (unpaired) electrons. The third kappa shape index (κ3) is 5.76. The van der Waals surface area contributed by atoms with Crippen LogP contribution in [0.1, 0.15) is 89.6 Å². The fourth-order valence-electron chi connectivity index (χ4n) is 13.3. The van der Waals surface area contributed by atoms with Crippen LogP contribution in [-0.2, 0) is 41.2 Å². The normalized spacial score (nSPS) is 33.7. The van der Waals surface area contributed by atoms with Crippen LogP contribution in [-0.4, -0.2) is 116 Å². The molecule has 3 aromatic rings. The number of anilines is 1. The summed E-state index contributed by atoms with van der Waals surface area (Å²) >= 11 is 0. The zero-order valence-corrected chi connectivity index (χ0v) is 37.3. The SMILES string of the molecule is CCC1=C[C@@H]2CN(C1)Cc1c([nH]c3ccccc13)[C@@](C(=O)OC)(c1cc3c(cc1OC)N(C)[C@H]1[C@@](O)(CNC(=O)C(C)(C)C)[C@H](OC(C)=O)[C@]4(CC)C=CCN5CC[C@]31[C@@H]54)C2. The summed E-state index contributed by atoms with van der Waals surface area (Å²) in [7, 11) is 5.13. The summed E-state index contributed by atoms with van der Waals surface area (Å²) in [5.41, 5.74) is 1.47. The van der Waals surface area contributed by atoms with Crippen molar-refractivity contribution in [2.24, 2.45) is 16.7 Å². The number of esters is 2. The Hall–Kier alpha value is -4.65. The smallest absolute Gasteiger partial charge is 0.322 e. The second-order valence-corrected chi connectivity index (χ2v) is 19.8. The molecular formula is C49H63N5O7. The van der Waals surface area contributed by atoms with Crippen molar-refractivity contribution in [1.29, 1.82) is 0 Å². The molecule has 1 saturated carbocycles. The molecule has 1 spiro atoms. The largest absolute Gasteiger partial charge is 0.496 e. The number of hydrogen-bond acceptors (Lipinski definition) is 10. The van der Waals surface area contributed by atoms with Gasteiger partial charge in [0.15, 0.2) is 0 Å². The van der Waals surface area contributed by atoms with E-state index in [9.17, 15) is 14.7 Å². The summed E-state index contributed by atoms with van der Waals surface area (Å²) in [6, 6.07) is 11.7. The zero-order valence-electron chi connectivity index (χ0n) is 37.3. The molecule has 1 unspecified atom stereocenters. The zero-order chi connectivity index (χ0) is 43.4. The molecule has 6 aliphatic rings. The lowest BCUT2D eigenvalue weighted by Crippen LogP contribution is -2.81. The molecule has 1 amide bonds. The van der Waals surface area contributed by atoms with Crippen molar-refractivity contribution < 1.29 is 33.7 Å². The van der Waals surface area contributed by atoms with Gasteiger partial charge < -0.3 is 34.5 Å². The van der Waals surface area contributed by atoms with Gasteiger partial charge in [-0.2, -0.15) is 0 Å². The van der Waals surface area contributed by atoms with E-state index >= 15 is 4.79 Å². The number of H-pyrrole nitrogens is 1. The molecule has 61 heavy (non-hydrogen) atoms. The second-order valence-electron chi connectivity index (χ2n) is 19.8. The van der Waals surface area contributed by atoms with Crippen molar-refractivity contribution in [3.63, 3.8) is 0 Å². The first-order valence-corrected chi connectivity index (χ1v) is 22.2. The quantitative estimate of drug-likeness (QED) is 0.191. The summed E-state index contributed by atoms with van der Waals surface area (Å²) in [5, 5.41) is 18.0. The van der Waals surface area contributed by atoms with Gasteiger partial charge >= 0.3 is 11.9 Å². The maximum Gasteiger partial charge on any atom is 0.322 e. The van der Waals surface area contributed by atoms with E-state index in [0.29, 0.717) is 38.1 Å². The van der Waals surface area contributed by atoms with Crippen molar-refractivity contribution in [1.82, 2.24) is 20.1 Å². The summed E-state index contributed by atoms with van der Waals surface area (Å²) in [6.45, 7) is 14.9. The van der Waals surface area contributed by atoms with Crippen LogP contribution in [0.4, 0.5) is 5.69 Å². The van der Waals surface area contributed by atoms with E-state index in [1.165, 1.54) is 19.6 Å². The number of benzene rings is 2. The number of carbonyl (C=O) groups is 3. The lowest BCUT2D eigenvalue weighted by atomic mass is 9.47. The van der Waals surface area contributed by atoms with Gasteiger partial charge in [0.25, 0.3) is 0 Å². The van der Waals surface area contributed by atoms with Crippen molar-refractivity contribution in [2.75, 3.05) is 58.9 Å². The molecule has 12 heteroatoms. The minimum Gasteiger partial charge on any atom is -0.496 e. The number of rotatable bonds is 8. The molecular weight excluding hydrogens is 771 g/mol. The standard InChI is InChI=1S/C49H63N5O7/c1-10-30-21-31-24-48(44(57)60-9,39-33(27-53(25-30)26-31)32-15-12-13-16-36(32)51-39)35-22-34-37(23-38(35)59-8)52(7)41-47(34)18-20-54-19-14-17-46(11-2,40(47)54)42(61-29(3)55)49(41,58)28-50-43(56)45(4,5)6/h12-17,21-23,31,40-42,51,58H,10-11,18-20,24-28H2,1-9H3,(H,50,56)/t31-,40-,41+,42+,46+,47+,48-,49-/m0/s1. The molecule has 326 valence electrons. The number of hydrogen-bond donors (Lipinski definition) is 3. The van der Waals surface area contributed by atoms with Crippen LogP contribution >= 0.6 is 0 Å². The van der Waals surface area contributed by atoms with E-state index < -0.39 is 45.4 Å². The molecule has 1 aromatic heterocycles. The van der Waals surface area contributed by atoms with Gasteiger partial charge in [0.1, 0.15) is 22.9 Å². The highest BCUT2D eigenvalue weighted by Gasteiger charge is 2.78. The molecule has 2 bridgehead atoms. The maximum atomic E-state index is 15.3. The molecule has 1 aliphatic carbocycles. The topological polar surface area (TPSA) is 137 Å². The van der Waals surface area contributed by atoms with Crippen LogP contribution in [0, 0.1) is 16.7 Å². The number of aliphatic hydroxyl groups is 1. The van der Waals surface area contributed by atoms with Crippen molar-refractivity contribution in [3.05, 3.63) is 82.6 Å². The van der Waals surface area contributed by atoms with Gasteiger partial charge in [0, 0.05) is 96.4 Å². The Kier molecular flexibility index (Phi) is 9.88. The number of aromatic nitrogens is 1. The highest BCUT2D eigenvalue weighted by atomic mass is 16.6. The van der Waals surface area contributed by atoms with Gasteiger partial charge in [-0.3, -0.25) is 24.2 Å². The summed E-state index contributed by atoms with van der Waals surface area (Å²) in [6.07, 6.45) is 8.36. The first kappa shape index (κ1) is 41.7.